The minimum absolute atomic E-state index is 0.256. The minimum atomic E-state index is -0.767. The van der Waals surface area contributed by atoms with E-state index in [0.29, 0.717) is 13.2 Å². The molecule has 0 saturated carbocycles. The Morgan fingerprint density at radius 1 is 0.825 bits per heavy atom. The van der Waals surface area contributed by atoms with Gasteiger partial charge in [0.15, 0.2) is 6.29 Å². The molecule has 0 aromatic carbocycles. The fourth-order valence-electron chi connectivity index (χ4n) is 4.95. The van der Waals surface area contributed by atoms with Gasteiger partial charge >= 0.3 is 6.09 Å². The number of ether oxygens (including phenoxy) is 5. The number of hydrogen-bond donors (Lipinski definition) is 2. The van der Waals surface area contributed by atoms with Crippen LogP contribution in [0.2, 0.25) is 0 Å². The number of hydrogen-bond acceptors (Lipinski definition) is 7. The largest absolute Gasteiger partial charge is 0.444 e. The van der Waals surface area contributed by atoms with E-state index in [2.05, 4.69) is 25.7 Å². The SMILES string of the molecule is C=CCOC1OC(CN)C(OCCCCCCCCC)C(OCCCCCCCCC)C1NC(=O)OC(C)(C)C. The lowest BCUT2D eigenvalue weighted by Gasteiger charge is -2.46. The van der Waals surface area contributed by atoms with E-state index in [-0.39, 0.29) is 13.2 Å². The summed E-state index contributed by atoms with van der Waals surface area (Å²) < 4.78 is 30.7. The van der Waals surface area contributed by atoms with Crippen molar-refractivity contribution in [1.29, 1.82) is 0 Å². The van der Waals surface area contributed by atoms with Crippen LogP contribution in [0, 0.1) is 0 Å². The Balaban J connectivity index is 2.93. The van der Waals surface area contributed by atoms with Crippen LogP contribution in [0.15, 0.2) is 12.7 Å². The Morgan fingerprint density at radius 2 is 1.32 bits per heavy atom. The Hall–Kier alpha value is -1.19. The number of alkyl carbamates (subject to hydrolysis) is 1. The maximum absolute atomic E-state index is 12.9. The van der Waals surface area contributed by atoms with Crippen molar-refractivity contribution in [3.8, 4) is 0 Å². The Kier molecular flexibility index (Phi) is 20.6. The first-order valence-electron chi connectivity index (χ1n) is 16.1. The van der Waals surface area contributed by atoms with Gasteiger partial charge in [-0.3, -0.25) is 0 Å². The Bertz CT molecular complexity index is 641. The maximum atomic E-state index is 12.9. The van der Waals surface area contributed by atoms with Gasteiger partial charge in [0.25, 0.3) is 0 Å². The van der Waals surface area contributed by atoms with E-state index in [0.717, 1.165) is 25.7 Å². The molecule has 0 spiro atoms. The smallest absolute Gasteiger partial charge is 0.408 e. The summed E-state index contributed by atoms with van der Waals surface area (Å²) in [5.74, 6) is 0. The maximum Gasteiger partial charge on any atom is 0.408 e. The summed E-state index contributed by atoms with van der Waals surface area (Å²) >= 11 is 0. The van der Waals surface area contributed by atoms with Crippen molar-refractivity contribution in [3.63, 3.8) is 0 Å². The van der Waals surface area contributed by atoms with Crippen LogP contribution in [0.1, 0.15) is 125 Å². The first-order chi connectivity index (χ1) is 19.3. The summed E-state index contributed by atoms with van der Waals surface area (Å²) in [7, 11) is 0. The van der Waals surface area contributed by atoms with Crippen molar-refractivity contribution in [3.05, 3.63) is 12.7 Å². The average molecular weight is 571 g/mol. The van der Waals surface area contributed by atoms with E-state index < -0.39 is 42.3 Å². The topological polar surface area (TPSA) is 101 Å². The lowest BCUT2D eigenvalue weighted by Crippen LogP contribution is -2.67. The van der Waals surface area contributed by atoms with Gasteiger partial charge in [0.2, 0.25) is 0 Å². The molecule has 3 N–H and O–H groups in total. The van der Waals surface area contributed by atoms with Gasteiger partial charge in [0.1, 0.15) is 30.0 Å². The van der Waals surface area contributed by atoms with Crippen molar-refractivity contribution in [2.45, 2.75) is 161 Å². The van der Waals surface area contributed by atoms with Crippen molar-refractivity contribution in [1.82, 2.24) is 5.32 Å². The quantitative estimate of drug-likeness (QED) is 0.100. The summed E-state index contributed by atoms with van der Waals surface area (Å²) in [5, 5.41) is 2.97. The monoisotopic (exact) mass is 570 g/mol. The molecular formula is C32H62N2O6. The molecule has 5 atom stereocenters. The number of carbonyl (C=O) groups is 1. The van der Waals surface area contributed by atoms with Gasteiger partial charge in [0, 0.05) is 19.8 Å². The lowest BCUT2D eigenvalue weighted by molar-refractivity contribution is -0.274. The molecule has 5 unspecified atom stereocenters. The van der Waals surface area contributed by atoms with Crippen LogP contribution in [-0.2, 0) is 23.7 Å². The highest BCUT2D eigenvalue weighted by atomic mass is 16.7. The second-order valence-electron chi connectivity index (χ2n) is 12.0. The zero-order chi connectivity index (χ0) is 29.6. The molecule has 0 aromatic rings. The zero-order valence-electron chi connectivity index (χ0n) is 26.4. The summed E-state index contributed by atoms with van der Waals surface area (Å²) in [5.41, 5.74) is 5.52. The molecule has 0 bridgehead atoms. The Morgan fingerprint density at radius 3 is 1.80 bits per heavy atom. The molecule has 0 radical (unpaired) electrons. The third-order valence-corrected chi connectivity index (χ3v) is 7.06. The first kappa shape index (κ1) is 36.8. The van der Waals surface area contributed by atoms with Crippen LogP contribution in [0.3, 0.4) is 0 Å². The Labute approximate surface area is 245 Å². The molecule has 8 heteroatoms. The van der Waals surface area contributed by atoms with Crippen LogP contribution in [0.5, 0.6) is 0 Å². The van der Waals surface area contributed by atoms with Crippen molar-refractivity contribution < 1.29 is 28.5 Å². The number of rotatable bonds is 23. The third kappa shape index (κ3) is 16.3. The highest BCUT2D eigenvalue weighted by Gasteiger charge is 2.48. The number of nitrogens with two attached hydrogens (primary N) is 1. The molecule has 236 valence electrons. The van der Waals surface area contributed by atoms with Gasteiger partial charge in [0.05, 0.1) is 6.61 Å². The van der Waals surface area contributed by atoms with Crippen LogP contribution in [0.4, 0.5) is 4.79 Å². The predicted molar refractivity (Wildman–Crippen MR) is 162 cm³/mol. The number of nitrogens with one attached hydrogen (secondary N) is 1. The fourth-order valence-corrected chi connectivity index (χ4v) is 4.95. The molecule has 1 fully saturated rings. The molecule has 40 heavy (non-hydrogen) atoms. The van der Waals surface area contributed by atoms with E-state index in [1.165, 1.54) is 64.2 Å². The van der Waals surface area contributed by atoms with Crippen LogP contribution in [0.25, 0.3) is 0 Å². The summed E-state index contributed by atoms with van der Waals surface area (Å²) in [6.45, 7) is 15.4. The first-order valence-corrected chi connectivity index (χ1v) is 16.1. The fraction of sp³-hybridized carbons (Fsp3) is 0.906. The van der Waals surface area contributed by atoms with E-state index in [9.17, 15) is 4.79 Å². The number of amides is 1. The van der Waals surface area contributed by atoms with Crippen molar-refractivity contribution in [2.75, 3.05) is 26.4 Å². The molecule has 8 nitrogen and oxygen atoms in total. The molecule has 1 rings (SSSR count). The number of carbonyl (C=O) groups excluding carboxylic acids is 1. The lowest BCUT2D eigenvalue weighted by atomic mass is 9.95. The van der Waals surface area contributed by atoms with Crippen molar-refractivity contribution in [2.24, 2.45) is 5.73 Å². The molecule has 1 amide bonds. The standard InChI is InChI=1S/C32H62N2O6/c1-7-10-12-14-16-18-20-23-36-28-26(25-33)39-30(38-22-9-3)27(34-31(35)40-32(4,5)6)29(28)37-24-21-19-17-15-13-11-8-2/h9,26-30H,3,7-8,10-25,33H2,1-2,4-6H3,(H,34,35). The van der Waals surface area contributed by atoms with E-state index in [1.807, 2.05) is 20.8 Å². The van der Waals surface area contributed by atoms with E-state index in [1.54, 1.807) is 6.08 Å². The van der Waals surface area contributed by atoms with Gasteiger partial charge in [-0.25, -0.2) is 4.79 Å². The molecule has 1 saturated heterocycles. The second kappa shape index (κ2) is 22.4. The van der Waals surface area contributed by atoms with E-state index in [4.69, 9.17) is 29.4 Å². The average Bonchev–Trinajstić information content (AvgIpc) is 2.90. The minimum Gasteiger partial charge on any atom is -0.444 e. The van der Waals surface area contributed by atoms with Gasteiger partial charge in [-0.05, 0) is 33.6 Å². The van der Waals surface area contributed by atoms with Crippen LogP contribution in [-0.4, -0.2) is 68.7 Å². The number of unbranched alkanes of at least 4 members (excludes halogenated alkanes) is 12. The highest BCUT2D eigenvalue weighted by Crippen LogP contribution is 2.28. The zero-order valence-corrected chi connectivity index (χ0v) is 26.4. The molecule has 1 heterocycles. The molecule has 1 aliphatic rings. The second-order valence-corrected chi connectivity index (χ2v) is 12.0. The third-order valence-electron chi connectivity index (χ3n) is 7.06. The normalized spacial score (nSPS) is 23.2. The van der Waals surface area contributed by atoms with Gasteiger partial charge < -0.3 is 34.7 Å². The van der Waals surface area contributed by atoms with E-state index >= 15 is 0 Å². The summed E-state index contributed by atoms with van der Waals surface area (Å²) in [6, 6.07) is -0.624. The van der Waals surface area contributed by atoms with Gasteiger partial charge in [-0.1, -0.05) is 97.0 Å². The molecule has 0 aromatic heterocycles. The summed E-state index contributed by atoms with van der Waals surface area (Å²) in [4.78, 5) is 12.9. The summed E-state index contributed by atoms with van der Waals surface area (Å²) in [6.07, 6.45) is 15.7. The molecule has 1 aliphatic heterocycles. The highest BCUT2D eigenvalue weighted by molar-refractivity contribution is 5.68. The molecule has 0 aliphatic carbocycles. The van der Waals surface area contributed by atoms with Crippen LogP contribution >= 0.6 is 0 Å². The van der Waals surface area contributed by atoms with Crippen molar-refractivity contribution >= 4 is 6.09 Å². The van der Waals surface area contributed by atoms with Gasteiger partial charge in [-0.15, -0.1) is 6.58 Å². The predicted octanol–water partition coefficient (Wildman–Crippen LogP) is 7.04. The molecular weight excluding hydrogens is 508 g/mol. The van der Waals surface area contributed by atoms with Gasteiger partial charge in [-0.2, -0.15) is 0 Å². The van der Waals surface area contributed by atoms with Crippen LogP contribution < -0.4 is 11.1 Å².